The van der Waals surface area contributed by atoms with Crippen LogP contribution in [0.1, 0.15) is 27.2 Å². The second-order valence-corrected chi connectivity index (χ2v) is 4.85. The molecule has 0 aliphatic carbocycles. The highest BCUT2D eigenvalue weighted by molar-refractivity contribution is 5.71. The monoisotopic (exact) mass is 288 g/mol. The third kappa shape index (κ3) is 6.00. The summed E-state index contributed by atoms with van der Waals surface area (Å²) in [5.74, 6) is -0.922. The van der Waals surface area contributed by atoms with Crippen LogP contribution in [0.3, 0.4) is 0 Å². The number of hydrogen-bond acceptors (Lipinski definition) is 6. The Labute approximate surface area is 120 Å². The molecule has 1 aliphatic heterocycles. The van der Waals surface area contributed by atoms with E-state index in [0.717, 1.165) is 0 Å². The van der Waals surface area contributed by atoms with E-state index in [0.29, 0.717) is 13.2 Å². The minimum atomic E-state index is -0.667. The molecule has 6 nitrogen and oxygen atoms in total. The minimum Gasteiger partial charge on any atom is -0.466 e. The Balaban J connectivity index is 2.47. The first-order chi connectivity index (χ1) is 9.48. The van der Waals surface area contributed by atoms with Crippen LogP contribution in [-0.4, -0.2) is 51.1 Å². The molecule has 0 bridgehead atoms. The molecule has 6 heteroatoms. The maximum atomic E-state index is 11.2. The lowest BCUT2D eigenvalue weighted by molar-refractivity contribution is -0.153. The van der Waals surface area contributed by atoms with Crippen LogP contribution in [0.15, 0.2) is 12.2 Å². The lowest BCUT2D eigenvalue weighted by Gasteiger charge is -2.16. The van der Waals surface area contributed by atoms with Gasteiger partial charge in [0.25, 0.3) is 0 Å². The summed E-state index contributed by atoms with van der Waals surface area (Å²) in [6, 6.07) is 0. The predicted octanol–water partition coefficient (Wildman–Crippen LogP) is 1.64. The zero-order valence-electron chi connectivity index (χ0n) is 12.6. The van der Waals surface area contributed by atoms with Gasteiger partial charge in [-0.1, -0.05) is 12.2 Å². The maximum Gasteiger partial charge on any atom is 0.309 e. The fourth-order valence-electron chi connectivity index (χ4n) is 1.92. The number of rotatable bonds is 8. The van der Waals surface area contributed by atoms with Crippen LogP contribution in [0.4, 0.5) is 0 Å². The fourth-order valence-corrected chi connectivity index (χ4v) is 1.92. The Morgan fingerprint density at radius 3 is 2.75 bits per heavy atom. The summed E-state index contributed by atoms with van der Waals surface area (Å²) in [5.41, 5.74) is 0. The predicted molar refractivity (Wildman–Crippen MR) is 72.0 cm³/mol. The van der Waals surface area contributed by atoms with Crippen molar-refractivity contribution in [3.63, 3.8) is 0 Å². The molecule has 0 amide bonds. The number of carbonyl (C=O) groups excluding carboxylic acids is 1. The smallest absolute Gasteiger partial charge is 0.309 e. The molecule has 1 heterocycles. The van der Waals surface area contributed by atoms with E-state index >= 15 is 0 Å². The van der Waals surface area contributed by atoms with Gasteiger partial charge in [0, 0.05) is 7.11 Å². The van der Waals surface area contributed by atoms with Gasteiger partial charge in [-0.05, 0) is 20.8 Å². The Morgan fingerprint density at radius 2 is 2.10 bits per heavy atom. The molecule has 1 saturated heterocycles. The van der Waals surface area contributed by atoms with Gasteiger partial charge in [-0.25, -0.2) is 0 Å². The molecule has 0 radical (unpaired) electrons. The summed E-state index contributed by atoms with van der Waals surface area (Å²) < 4.78 is 26.5. The highest BCUT2D eigenvalue weighted by Crippen LogP contribution is 2.29. The summed E-state index contributed by atoms with van der Waals surface area (Å²) in [6.07, 6.45) is 3.29. The molecule has 0 saturated carbocycles. The number of esters is 1. The van der Waals surface area contributed by atoms with Crippen molar-refractivity contribution in [2.75, 3.05) is 27.1 Å². The normalized spacial score (nSPS) is 25.2. The number of methoxy groups -OCH3 is 1. The van der Waals surface area contributed by atoms with E-state index in [1.807, 2.05) is 19.9 Å². The van der Waals surface area contributed by atoms with Gasteiger partial charge in [-0.15, -0.1) is 0 Å². The molecule has 2 atom stereocenters. The van der Waals surface area contributed by atoms with Crippen LogP contribution in [-0.2, 0) is 28.5 Å². The minimum absolute atomic E-state index is 0.208. The molecule has 0 aromatic carbocycles. The van der Waals surface area contributed by atoms with Crippen molar-refractivity contribution < 1.29 is 28.5 Å². The highest BCUT2D eigenvalue weighted by Gasteiger charge is 2.39. The van der Waals surface area contributed by atoms with Crippen molar-refractivity contribution in [1.82, 2.24) is 0 Å². The average molecular weight is 288 g/mol. The number of ether oxygens (including phenoxy) is 5. The molecule has 1 aliphatic rings. The zero-order chi connectivity index (χ0) is 15.0. The largest absolute Gasteiger partial charge is 0.466 e. The van der Waals surface area contributed by atoms with Crippen molar-refractivity contribution >= 4 is 5.97 Å². The quantitative estimate of drug-likeness (QED) is 0.293. The summed E-state index contributed by atoms with van der Waals surface area (Å²) in [4.78, 5) is 11.2. The standard InChI is InChI=1S/C14H24O6/c1-5-18-13(15)8-6-7-11-12(9-17-10-16-4)20-14(2,3)19-11/h6-7,11-12H,5,8-10H2,1-4H3/b7-6+/t11-,12+/m0/s1. The van der Waals surface area contributed by atoms with E-state index in [-0.39, 0.29) is 31.4 Å². The SMILES string of the molecule is CCOC(=O)C/C=C/[C@@H]1OC(C)(C)O[C@@H]1COCOC. The van der Waals surface area contributed by atoms with Crippen LogP contribution in [0.5, 0.6) is 0 Å². The van der Waals surface area contributed by atoms with Gasteiger partial charge in [-0.3, -0.25) is 4.79 Å². The second kappa shape index (κ2) is 8.36. The molecule has 1 rings (SSSR count). The summed E-state index contributed by atoms with van der Waals surface area (Å²) >= 11 is 0. The average Bonchev–Trinajstić information content (AvgIpc) is 2.65. The van der Waals surface area contributed by atoms with Crippen molar-refractivity contribution in [2.45, 2.75) is 45.2 Å². The lowest BCUT2D eigenvalue weighted by Crippen LogP contribution is -2.27. The third-order valence-corrected chi connectivity index (χ3v) is 2.62. The molecule has 1 fully saturated rings. The maximum absolute atomic E-state index is 11.2. The molecule has 0 N–H and O–H groups in total. The summed E-state index contributed by atoms with van der Waals surface area (Å²) in [7, 11) is 1.56. The Morgan fingerprint density at radius 1 is 1.35 bits per heavy atom. The van der Waals surface area contributed by atoms with Gasteiger partial charge in [0.2, 0.25) is 0 Å². The van der Waals surface area contributed by atoms with Crippen LogP contribution in [0.2, 0.25) is 0 Å². The van der Waals surface area contributed by atoms with E-state index in [1.54, 1.807) is 20.1 Å². The van der Waals surface area contributed by atoms with E-state index in [1.165, 1.54) is 0 Å². The van der Waals surface area contributed by atoms with Gasteiger partial charge in [0.15, 0.2) is 5.79 Å². The van der Waals surface area contributed by atoms with Crippen LogP contribution in [0, 0.1) is 0 Å². The Bertz CT molecular complexity index is 326. The summed E-state index contributed by atoms with van der Waals surface area (Å²) in [6.45, 7) is 6.42. The van der Waals surface area contributed by atoms with Crippen LogP contribution in [0.25, 0.3) is 0 Å². The molecular formula is C14H24O6. The molecular weight excluding hydrogens is 264 g/mol. The first-order valence-electron chi connectivity index (χ1n) is 6.73. The van der Waals surface area contributed by atoms with E-state index < -0.39 is 5.79 Å². The first kappa shape index (κ1) is 17.1. The number of carbonyl (C=O) groups is 1. The second-order valence-electron chi connectivity index (χ2n) is 4.85. The third-order valence-electron chi connectivity index (χ3n) is 2.62. The highest BCUT2D eigenvalue weighted by atomic mass is 16.8. The zero-order valence-corrected chi connectivity index (χ0v) is 12.6. The topological polar surface area (TPSA) is 63.2 Å². The first-order valence-corrected chi connectivity index (χ1v) is 6.73. The molecule has 116 valence electrons. The van der Waals surface area contributed by atoms with Crippen molar-refractivity contribution in [3.05, 3.63) is 12.2 Å². The van der Waals surface area contributed by atoms with Gasteiger partial charge >= 0.3 is 5.97 Å². The van der Waals surface area contributed by atoms with Gasteiger partial charge < -0.3 is 23.7 Å². The Kier molecular flexibility index (Phi) is 7.15. The Hall–Kier alpha value is -0.950. The van der Waals surface area contributed by atoms with E-state index in [9.17, 15) is 4.79 Å². The van der Waals surface area contributed by atoms with Gasteiger partial charge in [0.1, 0.15) is 19.0 Å². The van der Waals surface area contributed by atoms with Crippen molar-refractivity contribution in [1.29, 1.82) is 0 Å². The van der Waals surface area contributed by atoms with Crippen molar-refractivity contribution in [3.8, 4) is 0 Å². The lowest BCUT2D eigenvalue weighted by atomic mass is 10.2. The van der Waals surface area contributed by atoms with E-state index in [4.69, 9.17) is 23.7 Å². The van der Waals surface area contributed by atoms with Crippen LogP contribution >= 0.6 is 0 Å². The summed E-state index contributed by atoms with van der Waals surface area (Å²) in [5, 5.41) is 0. The van der Waals surface area contributed by atoms with Gasteiger partial charge in [0.05, 0.1) is 19.6 Å². The van der Waals surface area contributed by atoms with E-state index in [2.05, 4.69) is 0 Å². The van der Waals surface area contributed by atoms with Crippen LogP contribution < -0.4 is 0 Å². The molecule has 0 unspecified atom stereocenters. The molecule has 0 aromatic rings. The number of hydrogen-bond donors (Lipinski definition) is 0. The van der Waals surface area contributed by atoms with Gasteiger partial charge in [-0.2, -0.15) is 0 Å². The fraction of sp³-hybridized carbons (Fsp3) is 0.786. The molecule has 0 aromatic heterocycles. The van der Waals surface area contributed by atoms with Crippen molar-refractivity contribution in [2.24, 2.45) is 0 Å². The molecule has 20 heavy (non-hydrogen) atoms. The molecule has 0 spiro atoms.